The maximum absolute atomic E-state index is 12.5. The Morgan fingerprint density at radius 2 is 2.26 bits per heavy atom. The molecule has 2 atom stereocenters. The number of halogens is 1. The third-order valence-electron chi connectivity index (χ3n) is 3.73. The first-order chi connectivity index (χ1) is 9.02. The number of nitrogens with zero attached hydrogens (tertiary/aromatic N) is 1. The lowest BCUT2D eigenvalue weighted by molar-refractivity contribution is -0.00153. The first kappa shape index (κ1) is 14.3. The van der Waals surface area contributed by atoms with E-state index in [9.17, 15) is 4.79 Å². The van der Waals surface area contributed by atoms with Crippen LogP contribution < -0.4 is 5.73 Å². The zero-order chi connectivity index (χ0) is 14.0. The van der Waals surface area contributed by atoms with Crippen molar-refractivity contribution in [2.45, 2.75) is 19.4 Å². The van der Waals surface area contributed by atoms with Crippen LogP contribution in [0.2, 0.25) is 0 Å². The van der Waals surface area contributed by atoms with E-state index in [2.05, 4.69) is 22.9 Å². The van der Waals surface area contributed by atoms with Gasteiger partial charge >= 0.3 is 0 Å². The first-order valence-corrected chi connectivity index (χ1v) is 7.19. The summed E-state index contributed by atoms with van der Waals surface area (Å²) in [6, 6.07) is 5.36. The number of nitrogens with two attached hydrogens (primary N) is 1. The highest BCUT2D eigenvalue weighted by Gasteiger charge is 2.29. The number of likely N-dealkylation sites (tertiary alicyclic amines) is 1. The Morgan fingerprint density at radius 3 is 2.95 bits per heavy atom. The second kappa shape index (κ2) is 5.92. The maximum atomic E-state index is 12.5. The van der Waals surface area contributed by atoms with Gasteiger partial charge in [-0.25, -0.2) is 0 Å². The topological polar surface area (TPSA) is 55.6 Å². The minimum Gasteiger partial charge on any atom is -0.398 e. The van der Waals surface area contributed by atoms with Gasteiger partial charge in [0.15, 0.2) is 0 Å². The van der Waals surface area contributed by atoms with Gasteiger partial charge < -0.3 is 15.4 Å². The van der Waals surface area contributed by atoms with Gasteiger partial charge in [-0.3, -0.25) is 4.79 Å². The summed E-state index contributed by atoms with van der Waals surface area (Å²) in [6.45, 7) is 3.54. The molecule has 0 aliphatic carbocycles. The Labute approximate surface area is 122 Å². The molecular formula is C14H19BrN2O2. The van der Waals surface area contributed by atoms with E-state index in [4.69, 9.17) is 10.5 Å². The number of piperidine rings is 1. The van der Waals surface area contributed by atoms with E-state index in [1.807, 2.05) is 11.0 Å². The summed E-state index contributed by atoms with van der Waals surface area (Å²) < 4.78 is 6.30. The van der Waals surface area contributed by atoms with Crippen LogP contribution in [0.1, 0.15) is 23.7 Å². The van der Waals surface area contributed by atoms with Crippen LogP contribution in [0.4, 0.5) is 5.69 Å². The number of nitrogen functional groups attached to an aromatic ring is 1. The summed E-state index contributed by atoms with van der Waals surface area (Å²) >= 11 is 3.37. The number of ether oxygens (including phenoxy) is 1. The number of hydrogen-bond acceptors (Lipinski definition) is 3. The van der Waals surface area contributed by atoms with Crippen molar-refractivity contribution in [3.8, 4) is 0 Å². The Hall–Kier alpha value is -1.07. The van der Waals surface area contributed by atoms with Crippen molar-refractivity contribution in [3.63, 3.8) is 0 Å². The lowest BCUT2D eigenvalue weighted by Crippen LogP contribution is -2.46. The molecule has 2 unspecified atom stereocenters. The monoisotopic (exact) mass is 326 g/mol. The molecule has 1 aromatic carbocycles. The molecule has 4 nitrogen and oxygen atoms in total. The molecule has 0 spiro atoms. The first-order valence-electron chi connectivity index (χ1n) is 6.40. The highest BCUT2D eigenvalue weighted by Crippen LogP contribution is 2.24. The lowest BCUT2D eigenvalue weighted by atomic mass is 9.95. The average Bonchev–Trinajstić information content (AvgIpc) is 2.41. The van der Waals surface area contributed by atoms with Crippen molar-refractivity contribution >= 4 is 27.5 Å². The standard InChI is InChI=1S/C14H19BrN2O2/c1-9-5-6-17(8-13(9)19-2)14(18)11-7-10(15)3-4-12(11)16/h3-4,7,9,13H,5-6,8,16H2,1-2H3. The van der Waals surface area contributed by atoms with Crippen molar-refractivity contribution in [1.82, 2.24) is 4.90 Å². The fourth-order valence-corrected chi connectivity index (χ4v) is 2.77. The van der Waals surface area contributed by atoms with Crippen molar-refractivity contribution in [1.29, 1.82) is 0 Å². The van der Waals surface area contributed by atoms with E-state index in [0.29, 0.717) is 23.7 Å². The van der Waals surface area contributed by atoms with Crippen molar-refractivity contribution < 1.29 is 9.53 Å². The molecule has 1 heterocycles. The number of carbonyl (C=O) groups excluding carboxylic acids is 1. The van der Waals surface area contributed by atoms with E-state index in [0.717, 1.165) is 17.4 Å². The summed E-state index contributed by atoms with van der Waals surface area (Å²) in [4.78, 5) is 14.3. The van der Waals surface area contributed by atoms with Gasteiger partial charge in [0.1, 0.15) is 0 Å². The van der Waals surface area contributed by atoms with Crippen LogP contribution in [0.15, 0.2) is 22.7 Å². The Balaban J connectivity index is 2.18. The molecule has 1 amide bonds. The normalized spacial score (nSPS) is 23.4. The molecule has 1 aromatic rings. The number of methoxy groups -OCH3 is 1. The molecule has 1 aliphatic rings. The van der Waals surface area contributed by atoms with E-state index in [1.54, 1.807) is 19.2 Å². The molecule has 2 N–H and O–H groups in total. The average molecular weight is 327 g/mol. The Kier molecular flexibility index (Phi) is 4.47. The van der Waals surface area contributed by atoms with Gasteiger partial charge in [0, 0.05) is 30.4 Å². The highest BCUT2D eigenvalue weighted by molar-refractivity contribution is 9.10. The van der Waals surface area contributed by atoms with Gasteiger partial charge in [0.05, 0.1) is 11.7 Å². The van der Waals surface area contributed by atoms with Crippen LogP contribution in [-0.4, -0.2) is 37.1 Å². The van der Waals surface area contributed by atoms with Crippen LogP contribution in [0.5, 0.6) is 0 Å². The number of anilines is 1. The molecule has 5 heteroatoms. The van der Waals surface area contributed by atoms with Crippen LogP contribution in [-0.2, 0) is 4.74 Å². The largest absolute Gasteiger partial charge is 0.398 e. The third-order valence-corrected chi connectivity index (χ3v) is 4.22. The predicted molar refractivity (Wildman–Crippen MR) is 79.0 cm³/mol. The number of carbonyl (C=O) groups is 1. The fourth-order valence-electron chi connectivity index (χ4n) is 2.41. The van der Waals surface area contributed by atoms with E-state index in [-0.39, 0.29) is 12.0 Å². The van der Waals surface area contributed by atoms with Crippen molar-refractivity contribution in [2.24, 2.45) is 5.92 Å². The molecule has 0 bridgehead atoms. The van der Waals surface area contributed by atoms with E-state index < -0.39 is 0 Å². The summed E-state index contributed by atoms with van der Waals surface area (Å²) in [5.41, 5.74) is 6.96. The van der Waals surface area contributed by atoms with Gasteiger partial charge in [-0.1, -0.05) is 22.9 Å². The Bertz CT molecular complexity index is 479. The van der Waals surface area contributed by atoms with Crippen LogP contribution >= 0.6 is 15.9 Å². The summed E-state index contributed by atoms with van der Waals surface area (Å²) in [5, 5.41) is 0. The summed E-state index contributed by atoms with van der Waals surface area (Å²) in [5.74, 6) is 0.460. The van der Waals surface area contributed by atoms with Gasteiger partial charge in [-0.15, -0.1) is 0 Å². The van der Waals surface area contributed by atoms with Gasteiger partial charge in [0.25, 0.3) is 5.91 Å². The predicted octanol–water partition coefficient (Wildman–Crippen LogP) is 2.53. The molecule has 1 saturated heterocycles. The van der Waals surface area contributed by atoms with E-state index in [1.165, 1.54) is 0 Å². The minimum atomic E-state index is -0.0206. The molecule has 1 fully saturated rings. The molecule has 1 aliphatic heterocycles. The van der Waals surface area contributed by atoms with Gasteiger partial charge in [-0.2, -0.15) is 0 Å². The van der Waals surface area contributed by atoms with Crippen molar-refractivity contribution in [3.05, 3.63) is 28.2 Å². The molecule has 19 heavy (non-hydrogen) atoms. The lowest BCUT2D eigenvalue weighted by Gasteiger charge is -2.36. The highest BCUT2D eigenvalue weighted by atomic mass is 79.9. The number of benzene rings is 1. The molecule has 2 rings (SSSR count). The van der Waals surface area contributed by atoms with Crippen LogP contribution in [0.25, 0.3) is 0 Å². The molecule has 0 saturated carbocycles. The molecule has 0 radical (unpaired) electrons. The minimum absolute atomic E-state index is 0.0206. The summed E-state index contributed by atoms with van der Waals surface area (Å²) in [6.07, 6.45) is 1.06. The number of hydrogen-bond donors (Lipinski definition) is 1. The SMILES string of the molecule is COC1CN(C(=O)c2cc(Br)ccc2N)CCC1C. The van der Waals surface area contributed by atoms with Crippen LogP contribution in [0.3, 0.4) is 0 Å². The third kappa shape index (κ3) is 3.09. The maximum Gasteiger partial charge on any atom is 0.256 e. The van der Waals surface area contributed by atoms with Gasteiger partial charge in [0.2, 0.25) is 0 Å². The second-order valence-corrected chi connectivity index (χ2v) is 5.94. The second-order valence-electron chi connectivity index (χ2n) is 5.02. The molecule has 104 valence electrons. The number of amides is 1. The zero-order valence-corrected chi connectivity index (χ0v) is 12.8. The smallest absolute Gasteiger partial charge is 0.256 e. The van der Waals surface area contributed by atoms with Crippen molar-refractivity contribution in [2.75, 3.05) is 25.9 Å². The zero-order valence-electron chi connectivity index (χ0n) is 11.2. The quantitative estimate of drug-likeness (QED) is 0.849. The van der Waals surface area contributed by atoms with E-state index >= 15 is 0 Å². The van der Waals surface area contributed by atoms with Gasteiger partial charge in [-0.05, 0) is 30.5 Å². The molecular weight excluding hydrogens is 308 g/mol. The summed E-state index contributed by atoms with van der Waals surface area (Å²) in [7, 11) is 1.70. The fraction of sp³-hybridized carbons (Fsp3) is 0.500. The number of rotatable bonds is 2. The Morgan fingerprint density at radius 1 is 1.53 bits per heavy atom. The molecule has 0 aromatic heterocycles. The van der Waals surface area contributed by atoms with Crippen LogP contribution in [0, 0.1) is 5.92 Å².